The van der Waals surface area contributed by atoms with Crippen LogP contribution in [0, 0.1) is 11.7 Å². The summed E-state index contributed by atoms with van der Waals surface area (Å²) in [5.74, 6) is 0.665. The number of benzene rings is 1. The minimum absolute atomic E-state index is 0.192. The van der Waals surface area contributed by atoms with Gasteiger partial charge in [0.25, 0.3) is 0 Å². The Hall–Kier alpha value is -1.23. The number of hydrogen-bond donors (Lipinski definition) is 1. The molecule has 1 aromatic carbocycles. The third kappa shape index (κ3) is 5.90. The molecule has 1 saturated carbocycles. The van der Waals surface area contributed by atoms with E-state index >= 15 is 0 Å². The number of aliphatic hydroxyl groups excluding tert-OH is 1. The summed E-state index contributed by atoms with van der Waals surface area (Å²) in [6.45, 7) is 5.61. The number of rotatable bonds is 7. The number of aliphatic hydroxyl groups is 1. The highest BCUT2D eigenvalue weighted by Crippen LogP contribution is 2.26. The first-order chi connectivity index (χ1) is 12.7. The van der Waals surface area contributed by atoms with Crippen LogP contribution in [0.15, 0.2) is 30.3 Å². The normalized spacial score (nSPS) is 23.7. The summed E-state index contributed by atoms with van der Waals surface area (Å²) < 4.78 is 13.0. The van der Waals surface area contributed by atoms with E-state index in [1.54, 1.807) is 0 Å². The van der Waals surface area contributed by atoms with Gasteiger partial charge in [0.2, 0.25) is 0 Å². The Labute approximate surface area is 157 Å². The van der Waals surface area contributed by atoms with Gasteiger partial charge in [-0.3, -0.25) is 9.80 Å². The predicted molar refractivity (Wildman–Crippen MR) is 106 cm³/mol. The third-order valence-corrected chi connectivity index (χ3v) is 5.91. The Morgan fingerprint density at radius 1 is 1.08 bits per heavy atom. The van der Waals surface area contributed by atoms with Crippen LogP contribution in [-0.4, -0.2) is 60.3 Å². The SMILES string of the molecule is OCC[C@H]1CN(C/C=C/c2ccc(F)cc2)CCN1CC1CCCCC1. The number of nitrogens with zero attached hydrogens (tertiary/aromatic N) is 2. The number of piperazine rings is 1. The zero-order chi connectivity index (χ0) is 18.2. The average Bonchev–Trinajstić information content (AvgIpc) is 2.66. The zero-order valence-electron chi connectivity index (χ0n) is 15.8. The fourth-order valence-electron chi connectivity index (χ4n) is 4.40. The molecule has 3 nitrogen and oxygen atoms in total. The summed E-state index contributed by atoms with van der Waals surface area (Å²) in [5.41, 5.74) is 1.04. The van der Waals surface area contributed by atoms with Crippen LogP contribution in [0.5, 0.6) is 0 Å². The van der Waals surface area contributed by atoms with E-state index in [-0.39, 0.29) is 12.4 Å². The fraction of sp³-hybridized carbons (Fsp3) is 0.636. The lowest BCUT2D eigenvalue weighted by atomic mass is 9.88. The molecule has 1 N–H and O–H groups in total. The minimum atomic E-state index is -0.192. The van der Waals surface area contributed by atoms with Crippen molar-refractivity contribution in [3.63, 3.8) is 0 Å². The van der Waals surface area contributed by atoms with Crippen LogP contribution in [0.1, 0.15) is 44.1 Å². The summed E-state index contributed by atoms with van der Waals surface area (Å²) in [5, 5.41) is 9.49. The van der Waals surface area contributed by atoms with Gasteiger partial charge in [0.1, 0.15) is 5.82 Å². The second-order valence-corrected chi connectivity index (χ2v) is 7.88. The van der Waals surface area contributed by atoms with E-state index in [4.69, 9.17) is 0 Å². The summed E-state index contributed by atoms with van der Waals surface area (Å²) >= 11 is 0. The summed E-state index contributed by atoms with van der Waals surface area (Å²) in [4.78, 5) is 5.10. The first-order valence-electron chi connectivity index (χ1n) is 10.2. The van der Waals surface area contributed by atoms with Gasteiger partial charge in [-0.05, 0) is 42.9 Å². The molecule has 1 heterocycles. The second-order valence-electron chi connectivity index (χ2n) is 7.88. The molecule has 2 aliphatic rings. The first kappa shape index (κ1) is 19.5. The molecule has 0 radical (unpaired) electrons. The van der Waals surface area contributed by atoms with Gasteiger partial charge in [-0.15, -0.1) is 0 Å². The molecule has 3 rings (SSSR count). The summed E-state index contributed by atoms with van der Waals surface area (Å²) in [7, 11) is 0. The highest BCUT2D eigenvalue weighted by molar-refractivity contribution is 5.48. The largest absolute Gasteiger partial charge is 0.396 e. The molecule has 144 valence electrons. The summed E-state index contributed by atoms with van der Waals surface area (Å²) in [6.07, 6.45) is 12.1. The molecule has 1 aromatic rings. The zero-order valence-corrected chi connectivity index (χ0v) is 15.8. The molecular weight excluding hydrogens is 327 g/mol. The number of hydrogen-bond acceptors (Lipinski definition) is 3. The molecule has 0 unspecified atom stereocenters. The van der Waals surface area contributed by atoms with E-state index in [0.717, 1.165) is 44.1 Å². The van der Waals surface area contributed by atoms with Crippen molar-refractivity contribution in [3.05, 3.63) is 41.7 Å². The highest BCUT2D eigenvalue weighted by Gasteiger charge is 2.28. The number of halogens is 1. The Morgan fingerprint density at radius 3 is 2.58 bits per heavy atom. The van der Waals surface area contributed by atoms with Crippen molar-refractivity contribution >= 4 is 6.08 Å². The van der Waals surface area contributed by atoms with E-state index in [2.05, 4.69) is 22.0 Å². The fourth-order valence-corrected chi connectivity index (χ4v) is 4.40. The molecule has 26 heavy (non-hydrogen) atoms. The van der Waals surface area contributed by atoms with Gasteiger partial charge in [0.15, 0.2) is 0 Å². The van der Waals surface area contributed by atoms with Crippen molar-refractivity contribution in [2.75, 3.05) is 39.3 Å². The highest BCUT2D eigenvalue weighted by atomic mass is 19.1. The first-order valence-corrected chi connectivity index (χ1v) is 10.2. The van der Waals surface area contributed by atoms with Gasteiger partial charge in [-0.2, -0.15) is 0 Å². The van der Waals surface area contributed by atoms with Crippen molar-refractivity contribution in [1.29, 1.82) is 0 Å². The average molecular weight is 361 g/mol. The van der Waals surface area contributed by atoms with E-state index in [1.165, 1.54) is 50.8 Å². The van der Waals surface area contributed by atoms with Crippen LogP contribution in [0.3, 0.4) is 0 Å². The Balaban J connectivity index is 1.49. The molecule has 1 aliphatic carbocycles. The predicted octanol–water partition coefficient (Wildman–Crippen LogP) is 3.79. The van der Waals surface area contributed by atoms with E-state index in [0.29, 0.717) is 6.04 Å². The Kier molecular flexibility index (Phi) is 7.66. The molecule has 0 aromatic heterocycles. The maximum Gasteiger partial charge on any atom is 0.123 e. The van der Waals surface area contributed by atoms with E-state index in [9.17, 15) is 9.50 Å². The van der Waals surface area contributed by atoms with E-state index < -0.39 is 0 Å². The Bertz CT molecular complexity index is 554. The van der Waals surface area contributed by atoms with Gasteiger partial charge in [-0.25, -0.2) is 4.39 Å². The van der Waals surface area contributed by atoms with Crippen LogP contribution in [0.4, 0.5) is 4.39 Å². The van der Waals surface area contributed by atoms with Gasteiger partial charge in [0, 0.05) is 45.4 Å². The molecular formula is C22H33FN2O. The molecule has 0 bridgehead atoms. The van der Waals surface area contributed by atoms with Gasteiger partial charge in [0.05, 0.1) is 0 Å². The quantitative estimate of drug-likeness (QED) is 0.801. The maximum atomic E-state index is 13.0. The van der Waals surface area contributed by atoms with Crippen molar-refractivity contribution in [1.82, 2.24) is 9.80 Å². The van der Waals surface area contributed by atoms with Gasteiger partial charge in [-0.1, -0.05) is 43.5 Å². The van der Waals surface area contributed by atoms with Crippen LogP contribution in [0.2, 0.25) is 0 Å². The van der Waals surface area contributed by atoms with Crippen molar-refractivity contribution < 1.29 is 9.50 Å². The lowest BCUT2D eigenvalue weighted by Crippen LogP contribution is -2.54. The Morgan fingerprint density at radius 2 is 1.85 bits per heavy atom. The molecule has 1 saturated heterocycles. The van der Waals surface area contributed by atoms with Crippen molar-refractivity contribution in [2.45, 2.75) is 44.6 Å². The van der Waals surface area contributed by atoms with Gasteiger partial charge < -0.3 is 5.11 Å². The van der Waals surface area contributed by atoms with Crippen molar-refractivity contribution in [2.24, 2.45) is 5.92 Å². The molecule has 1 atom stereocenters. The molecule has 0 spiro atoms. The lowest BCUT2D eigenvalue weighted by molar-refractivity contribution is 0.0485. The second kappa shape index (κ2) is 10.2. The van der Waals surface area contributed by atoms with Crippen LogP contribution in [0.25, 0.3) is 6.08 Å². The molecule has 0 amide bonds. The molecule has 1 aliphatic heterocycles. The molecule has 4 heteroatoms. The molecule has 2 fully saturated rings. The van der Waals surface area contributed by atoms with Crippen LogP contribution < -0.4 is 0 Å². The van der Waals surface area contributed by atoms with Gasteiger partial charge >= 0.3 is 0 Å². The van der Waals surface area contributed by atoms with Crippen molar-refractivity contribution in [3.8, 4) is 0 Å². The smallest absolute Gasteiger partial charge is 0.123 e. The third-order valence-electron chi connectivity index (χ3n) is 5.91. The minimum Gasteiger partial charge on any atom is -0.396 e. The maximum absolute atomic E-state index is 13.0. The standard InChI is InChI=1S/C22H33FN2O/c23-21-10-8-19(9-11-21)7-4-13-24-14-15-25(22(18-24)12-16-26)17-20-5-2-1-3-6-20/h4,7-11,20,22,26H,1-3,5-6,12-18H2/b7-4+/t22-/m0/s1. The van der Waals surface area contributed by atoms with Crippen LogP contribution >= 0.6 is 0 Å². The topological polar surface area (TPSA) is 26.7 Å². The summed E-state index contributed by atoms with van der Waals surface area (Å²) in [6, 6.07) is 7.09. The lowest BCUT2D eigenvalue weighted by Gasteiger charge is -2.43. The monoisotopic (exact) mass is 360 g/mol. The van der Waals surface area contributed by atoms with E-state index in [1.807, 2.05) is 12.1 Å². The van der Waals surface area contributed by atoms with Crippen LogP contribution in [-0.2, 0) is 0 Å².